The second-order valence-corrected chi connectivity index (χ2v) is 14.3. The summed E-state index contributed by atoms with van der Waals surface area (Å²) in [6.07, 6.45) is 1.26. The van der Waals surface area contributed by atoms with Crippen LogP contribution in [0.5, 0.6) is 0 Å². The van der Waals surface area contributed by atoms with E-state index in [0.717, 1.165) is 24.1 Å². The van der Waals surface area contributed by atoms with E-state index in [4.69, 9.17) is 0 Å². The molecule has 0 saturated carbocycles. The van der Waals surface area contributed by atoms with Gasteiger partial charge in [0.15, 0.2) is 0 Å². The number of carbonyl (C=O) groups excluding carboxylic acids is 1. The summed E-state index contributed by atoms with van der Waals surface area (Å²) in [4.78, 5) is 18.8. The van der Waals surface area contributed by atoms with Gasteiger partial charge >= 0.3 is 0 Å². The minimum atomic E-state index is -3.61. The average molecular weight is 570 g/mol. The van der Waals surface area contributed by atoms with Crippen molar-refractivity contribution >= 4 is 27.3 Å². The van der Waals surface area contributed by atoms with E-state index in [1.807, 2.05) is 18.2 Å². The number of nitrogens with zero attached hydrogens (tertiary/aromatic N) is 3. The first kappa shape index (κ1) is 28.0. The van der Waals surface area contributed by atoms with Crippen LogP contribution in [0.15, 0.2) is 64.9 Å². The zero-order valence-corrected chi connectivity index (χ0v) is 24.4. The molecule has 0 radical (unpaired) electrons. The number of fused-ring (bicyclic) bond motifs is 1. The molecule has 5 rings (SSSR count). The Bertz CT molecular complexity index is 1420. The normalized spacial score (nSPS) is 19.2. The van der Waals surface area contributed by atoms with Crippen molar-refractivity contribution in [2.75, 3.05) is 39.3 Å². The van der Waals surface area contributed by atoms with Gasteiger partial charge in [-0.3, -0.25) is 9.69 Å². The van der Waals surface area contributed by atoms with E-state index < -0.39 is 10.0 Å². The highest BCUT2D eigenvalue weighted by Gasteiger charge is 2.33. The molecule has 1 atom stereocenters. The Kier molecular flexibility index (Phi) is 7.97. The first-order valence-corrected chi connectivity index (χ1v) is 15.8. The maximum Gasteiger partial charge on any atom is 0.243 e. The third kappa shape index (κ3) is 5.96. The highest BCUT2D eigenvalue weighted by molar-refractivity contribution is 7.89. The highest BCUT2D eigenvalue weighted by atomic mass is 32.2. The molecule has 1 amide bonds. The second-order valence-electron chi connectivity index (χ2n) is 11.4. The predicted octanol–water partition coefficient (Wildman–Crippen LogP) is 5.06. The Balaban J connectivity index is 1.20. The Labute approximate surface area is 235 Å². The number of benzene rings is 2. The number of piperazine rings is 1. The maximum absolute atomic E-state index is 14.1. The summed E-state index contributed by atoms with van der Waals surface area (Å²) in [5, 5.41) is 2.08. The average Bonchev–Trinajstić information content (AvgIpc) is 3.40. The SMILES string of the molecule is CC(C)(C)c1ccc(S(=O)(=O)N2CCN(C(=O)CCN3CCc4sccc4C3c3cccc(F)c3)CC2)cc1. The molecule has 39 heavy (non-hydrogen) atoms. The second kappa shape index (κ2) is 11.1. The molecule has 0 bridgehead atoms. The third-order valence-electron chi connectivity index (χ3n) is 7.79. The van der Waals surface area contributed by atoms with Crippen LogP contribution >= 0.6 is 11.3 Å². The minimum absolute atomic E-state index is 0.0238. The molecule has 0 aliphatic carbocycles. The first-order chi connectivity index (χ1) is 18.5. The van der Waals surface area contributed by atoms with Crippen LogP contribution in [-0.4, -0.2) is 67.7 Å². The first-order valence-electron chi connectivity index (χ1n) is 13.5. The fraction of sp³-hybridized carbons (Fsp3) is 0.433. The van der Waals surface area contributed by atoms with E-state index in [9.17, 15) is 17.6 Å². The summed E-state index contributed by atoms with van der Waals surface area (Å²) < 4.78 is 42.0. The summed E-state index contributed by atoms with van der Waals surface area (Å²) in [7, 11) is -3.61. The Morgan fingerprint density at radius 3 is 2.38 bits per heavy atom. The van der Waals surface area contributed by atoms with Gasteiger partial charge in [-0.2, -0.15) is 4.31 Å². The fourth-order valence-electron chi connectivity index (χ4n) is 5.53. The molecule has 208 valence electrons. The standard InChI is InChI=1S/C30H36FN3O3S2/c1-30(2,3)23-7-9-25(10-8-23)39(36,37)34-18-16-32(17-19-34)28(35)12-15-33-14-11-27-26(13-20-38-27)29(33)22-5-4-6-24(31)21-22/h4-10,13,20-21,29H,11-12,14-19H2,1-3H3. The van der Waals surface area contributed by atoms with Crippen molar-refractivity contribution in [2.45, 2.75) is 50.0 Å². The van der Waals surface area contributed by atoms with Gasteiger partial charge in [0.1, 0.15) is 5.82 Å². The number of halogens is 1. The number of carbonyl (C=O) groups is 1. The summed E-state index contributed by atoms with van der Waals surface area (Å²) >= 11 is 1.73. The van der Waals surface area contributed by atoms with Gasteiger partial charge in [0.2, 0.25) is 15.9 Å². The van der Waals surface area contributed by atoms with Gasteiger partial charge in [-0.1, -0.05) is 45.0 Å². The quantitative estimate of drug-likeness (QED) is 0.417. The van der Waals surface area contributed by atoms with Crippen molar-refractivity contribution in [2.24, 2.45) is 0 Å². The van der Waals surface area contributed by atoms with E-state index in [2.05, 4.69) is 37.1 Å². The molecule has 1 aromatic heterocycles. The summed E-state index contributed by atoms with van der Waals surface area (Å²) in [5.41, 5.74) is 3.13. The van der Waals surface area contributed by atoms with E-state index in [0.29, 0.717) is 26.1 Å². The van der Waals surface area contributed by atoms with Crippen LogP contribution < -0.4 is 0 Å². The summed E-state index contributed by atoms with van der Waals surface area (Å²) in [6.45, 7) is 8.97. The number of sulfonamides is 1. The molecule has 1 saturated heterocycles. The van der Waals surface area contributed by atoms with Crippen LogP contribution in [0.4, 0.5) is 4.39 Å². The molecule has 2 aliphatic rings. The number of hydrogen-bond donors (Lipinski definition) is 0. The number of amides is 1. The van der Waals surface area contributed by atoms with E-state index in [1.54, 1.807) is 40.5 Å². The van der Waals surface area contributed by atoms with Crippen molar-refractivity contribution in [1.82, 2.24) is 14.1 Å². The molecule has 0 N–H and O–H groups in total. The van der Waals surface area contributed by atoms with Crippen LogP contribution in [-0.2, 0) is 26.7 Å². The minimum Gasteiger partial charge on any atom is -0.340 e. The lowest BCUT2D eigenvalue weighted by atomic mass is 9.87. The highest BCUT2D eigenvalue weighted by Crippen LogP contribution is 2.38. The van der Waals surface area contributed by atoms with E-state index in [-0.39, 0.29) is 41.2 Å². The molecule has 3 heterocycles. The van der Waals surface area contributed by atoms with Crippen molar-refractivity contribution in [1.29, 1.82) is 0 Å². The molecule has 2 aliphatic heterocycles. The van der Waals surface area contributed by atoms with Crippen molar-refractivity contribution in [3.8, 4) is 0 Å². The predicted molar refractivity (Wildman–Crippen MR) is 153 cm³/mol. The van der Waals surface area contributed by atoms with E-state index in [1.165, 1.54) is 20.8 Å². The number of thiophene rings is 1. The van der Waals surface area contributed by atoms with E-state index >= 15 is 0 Å². The number of rotatable bonds is 6. The van der Waals surface area contributed by atoms with Gasteiger partial charge in [0.25, 0.3) is 0 Å². The molecule has 1 unspecified atom stereocenters. The lowest BCUT2D eigenvalue weighted by molar-refractivity contribution is -0.132. The van der Waals surface area contributed by atoms with Crippen LogP contribution in [0.25, 0.3) is 0 Å². The van der Waals surface area contributed by atoms with Gasteiger partial charge in [-0.15, -0.1) is 11.3 Å². The zero-order chi connectivity index (χ0) is 27.8. The number of hydrogen-bond acceptors (Lipinski definition) is 5. The Hall–Kier alpha value is -2.59. The Morgan fingerprint density at radius 2 is 1.72 bits per heavy atom. The molecule has 2 aromatic carbocycles. The lowest BCUT2D eigenvalue weighted by Crippen LogP contribution is -2.51. The molecule has 6 nitrogen and oxygen atoms in total. The van der Waals surface area contributed by atoms with Crippen molar-refractivity contribution in [3.63, 3.8) is 0 Å². The topological polar surface area (TPSA) is 60.9 Å². The maximum atomic E-state index is 14.1. The van der Waals surface area contributed by atoms with Crippen molar-refractivity contribution in [3.05, 3.63) is 87.4 Å². The molecule has 9 heteroatoms. The van der Waals surface area contributed by atoms with Gasteiger partial charge in [0.05, 0.1) is 10.9 Å². The third-order valence-corrected chi connectivity index (χ3v) is 10.7. The largest absolute Gasteiger partial charge is 0.340 e. The van der Waals surface area contributed by atoms with Crippen LogP contribution in [0, 0.1) is 5.82 Å². The Morgan fingerprint density at radius 1 is 1.00 bits per heavy atom. The lowest BCUT2D eigenvalue weighted by Gasteiger charge is -2.37. The van der Waals surface area contributed by atoms with Crippen LogP contribution in [0.1, 0.15) is 54.8 Å². The van der Waals surface area contributed by atoms with Crippen LogP contribution in [0.2, 0.25) is 0 Å². The van der Waals surface area contributed by atoms with Gasteiger partial charge in [-0.05, 0) is 64.2 Å². The van der Waals surface area contributed by atoms with Crippen molar-refractivity contribution < 1.29 is 17.6 Å². The smallest absolute Gasteiger partial charge is 0.243 e. The molecule has 3 aromatic rings. The monoisotopic (exact) mass is 569 g/mol. The molecule has 1 fully saturated rings. The van der Waals surface area contributed by atoms with Crippen LogP contribution in [0.3, 0.4) is 0 Å². The molecular weight excluding hydrogens is 533 g/mol. The molecule has 0 spiro atoms. The fourth-order valence-corrected chi connectivity index (χ4v) is 7.85. The zero-order valence-electron chi connectivity index (χ0n) is 22.8. The van der Waals surface area contributed by atoms with Gasteiger partial charge in [0, 0.05) is 50.6 Å². The molecular formula is C30H36FN3O3S2. The van der Waals surface area contributed by atoms with Gasteiger partial charge in [-0.25, -0.2) is 12.8 Å². The van der Waals surface area contributed by atoms with Gasteiger partial charge < -0.3 is 4.90 Å². The summed E-state index contributed by atoms with van der Waals surface area (Å²) in [6, 6.07) is 15.9. The summed E-state index contributed by atoms with van der Waals surface area (Å²) in [5.74, 6) is -0.237.